The predicted molar refractivity (Wildman–Crippen MR) is 73.6 cm³/mol. The molecule has 1 aromatic carbocycles. The van der Waals surface area contributed by atoms with Gasteiger partial charge in [0.15, 0.2) is 0 Å². The zero-order valence-corrected chi connectivity index (χ0v) is 11.9. The first-order valence-corrected chi connectivity index (χ1v) is 6.83. The summed E-state index contributed by atoms with van der Waals surface area (Å²) in [5.41, 5.74) is 1.06. The lowest BCUT2D eigenvalue weighted by atomic mass is 10.1. The van der Waals surface area contributed by atoms with Gasteiger partial charge in [0, 0.05) is 24.1 Å². The van der Waals surface area contributed by atoms with Gasteiger partial charge in [0.2, 0.25) is 5.91 Å². The first-order valence-electron chi connectivity index (χ1n) is 6.04. The van der Waals surface area contributed by atoms with Gasteiger partial charge in [-0.3, -0.25) is 14.5 Å². The molecule has 1 atom stereocenters. The van der Waals surface area contributed by atoms with Crippen molar-refractivity contribution in [1.82, 2.24) is 10.2 Å². The molecule has 19 heavy (non-hydrogen) atoms. The Labute approximate surface area is 119 Å². The maximum absolute atomic E-state index is 11.8. The molecule has 5 nitrogen and oxygen atoms in total. The molecule has 1 saturated heterocycles. The Balaban J connectivity index is 2.11. The first kappa shape index (κ1) is 14.0. The lowest BCUT2D eigenvalue weighted by molar-refractivity contribution is -0.143. The zero-order valence-electron chi connectivity index (χ0n) is 10.3. The number of carboxylic acids is 1. The Morgan fingerprint density at radius 2 is 2.32 bits per heavy atom. The van der Waals surface area contributed by atoms with E-state index < -0.39 is 12.0 Å². The summed E-state index contributed by atoms with van der Waals surface area (Å²) in [4.78, 5) is 24.5. The predicted octanol–water partition coefficient (Wildman–Crippen LogP) is 1.22. The van der Waals surface area contributed by atoms with Gasteiger partial charge in [-0.1, -0.05) is 28.1 Å². The van der Waals surface area contributed by atoms with Gasteiger partial charge in [0.05, 0.1) is 6.42 Å². The highest BCUT2D eigenvalue weighted by Gasteiger charge is 2.31. The molecule has 1 unspecified atom stereocenters. The van der Waals surface area contributed by atoms with Gasteiger partial charge in [0.25, 0.3) is 0 Å². The average Bonchev–Trinajstić information content (AvgIpc) is 2.33. The molecule has 2 N–H and O–H groups in total. The van der Waals surface area contributed by atoms with E-state index in [9.17, 15) is 9.59 Å². The van der Waals surface area contributed by atoms with Crippen LogP contribution in [0, 0.1) is 0 Å². The summed E-state index contributed by atoms with van der Waals surface area (Å²) >= 11 is 3.40. The van der Waals surface area contributed by atoms with Crippen molar-refractivity contribution in [2.24, 2.45) is 0 Å². The molecule has 1 aromatic rings. The minimum atomic E-state index is -0.957. The number of nitrogens with zero attached hydrogens (tertiary/aromatic N) is 1. The molecule has 1 heterocycles. The Morgan fingerprint density at radius 3 is 3.00 bits per heavy atom. The standard InChI is InChI=1S/C13H15BrN2O3/c14-10-3-1-2-9(6-10)8-16-5-4-15-13(19)11(16)7-12(17)18/h1-3,6,11H,4-5,7-8H2,(H,15,19)(H,17,18). The zero-order chi connectivity index (χ0) is 13.8. The molecule has 0 bridgehead atoms. The van der Waals surface area contributed by atoms with E-state index in [4.69, 9.17) is 5.11 Å². The summed E-state index contributed by atoms with van der Waals surface area (Å²) in [5.74, 6) is -1.16. The van der Waals surface area contributed by atoms with Gasteiger partial charge in [-0.15, -0.1) is 0 Å². The second-order valence-corrected chi connectivity index (χ2v) is 5.42. The quantitative estimate of drug-likeness (QED) is 0.873. The minimum Gasteiger partial charge on any atom is -0.481 e. The fourth-order valence-corrected chi connectivity index (χ4v) is 2.66. The van der Waals surface area contributed by atoms with Crippen molar-refractivity contribution in [3.8, 4) is 0 Å². The molecular weight excluding hydrogens is 312 g/mol. The van der Waals surface area contributed by atoms with Crippen LogP contribution in [0.2, 0.25) is 0 Å². The van der Waals surface area contributed by atoms with E-state index in [-0.39, 0.29) is 12.3 Å². The van der Waals surface area contributed by atoms with E-state index in [1.807, 2.05) is 29.2 Å². The lowest BCUT2D eigenvalue weighted by Crippen LogP contribution is -2.55. The van der Waals surface area contributed by atoms with Crippen molar-refractivity contribution < 1.29 is 14.7 Å². The van der Waals surface area contributed by atoms with Crippen LogP contribution in [-0.2, 0) is 16.1 Å². The summed E-state index contributed by atoms with van der Waals surface area (Å²) in [5, 5.41) is 11.6. The van der Waals surface area contributed by atoms with Crippen LogP contribution >= 0.6 is 15.9 Å². The van der Waals surface area contributed by atoms with Gasteiger partial charge < -0.3 is 10.4 Å². The SMILES string of the molecule is O=C(O)CC1C(=O)NCCN1Cc1cccc(Br)c1. The van der Waals surface area contributed by atoms with Gasteiger partial charge in [-0.05, 0) is 17.7 Å². The number of piperazine rings is 1. The van der Waals surface area contributed by atoms with Crippen molar-refractivity contribution in [2.75, 3.05) is 13.1 Å². The smallest absolute Gasteiger partial charge is 0.305 e. The number of halogens is 1. The van der Waals surface area contributed by atoms with Crippen LogP contribution in [-0.4, -0.2) is 41.0 Å². The molecular formula is C13H15BrN2O3. The monoisotopic (exact) mass is 326 g/mol. The first-order chi connectivity index (χ1) is 9.06. The van der Waals surface area contributed by atoms with E-state index in [0.29, 0.717) is 19.6 Å². The van der Waals surface area contributed by atoms with Crippen molar-refractivity contribution >= 4 is 27.8 Å². The molecule has 0 aliphatic carbocycles. The van der Waals surface area contributed by atoms with Crippen LogP contribution in [0.5, 0.6) is 0 Å². The number of nitrogens with one attached hydrogen (secondary N) is 1. The van der Waals surface area contributed by atoms with Gasteiger partial charge in [-0.25, -0.2) is 0 Å². The van der Waals surface area contributed by atoms with E-state index in [1.54, 1.807) is 0 Å². The Bertz CT molecular complexity index is 493. The van der Waals surface area contributed by atoms with Gasteiger partial charge in [-0.2, -0.15) is 0 Å². The molecule has 0 spiro atoms. The Morgan fingerprint density at radius 1 is 1.53 bits per heavy atom. The Hall–Kier alpha value is -1.40. The molecule has 0 aromatic heterocycles. The van der Waals surface area contributed by atoms with Crippen molar-refractivity contribution in [3.05, 3.63) is 34.3 Å². The highest BCUT2D eigenvalue weighted by atomic mass is 79.9. The lowest BCUT2D eigenvalue weighted by Gasteiger charge is -2.34. The van der Waals surface area contributed by atoms with Crippen LogP contribution in [0.4, 0.5) is 0 Å². The molecule has 1 aliphatic rings. The van der Waals surface area contributed by atoms with Crippen LogP contribution < -0.4 is 5.32 Å². The number of amides is 1. The van der Waals surface area contributed by atoms with Gasteiger partial charge >= 0.3 is 5.97 Å². The van der Waals surface area contributed by atoms with E-state index in [2.05, 4.69) is 21.2 Å². The van der Waals surface area contributed by atoms with E-state index in [0.717, 1.165) is 10.0 Å². The number of hydrogen-bond donors (Lipinski definition) is 2. The molecule has 1 fully saturated rings. The summed E-state index contributed by atoms with van der Waals surface area (Å²) in [7, 11) is 0. The maximum Gasteiger partial charge on any atom is 0.305 e. The third kappa shape index (κ3) is 3.78. The molecule has 102 valence electrons. The molecule has 1 aliphatic heterocycles. The number of carboxylic acid groups (broad SMARTS) is 1. The topological polar surface area (TPSA) is 69.6 Å². The molecule has 0 saturated carbocycles. The second-order valence-electron chi connectivity index (χ2n) is 4.51. The van der Waals surface area contributed by atoms with Crippen LogP contribution in [0.3, 0.4) is 0 Å². The highest BCUT2D eigenvalue weighted by Crippen LogP contribution is 2.17. The Kier molecular flexibility index (Phi) is 4.55. The maximum atomic E-state index is 11.8. The third-order valence-corrected chi connectivity index (χ3v) is 3.58. The van der Waals surface area contributed by atoms with Gasteiger partial charge in [0.1, 0.15) is 6.04 Å². The number of rotatable bonds is 4. The van der Waals surface area contributed by atoms with E-state index in [1.165, 1.54) is 0 Å². The van der Waals surface area contributed by atoms with Crippen LogP contribution in [0.15, 0.2) is 28.7 Å². The summed E-state index contributed by atoms with van der Waals surface area (Å²) < 4.78 is 0.973. The van der Waals surface area contributed by atoms with Crippen molar-refractivity contribution in [3.63, 3.8) is 0 Å². The highest BCUT2D eigenvalue weighted by molar-refractivity contribution is 9.10. The van der Waals surface area contributed by atoms with Crippen LogP contribution in [0.25, 0.3) is 0 Å². The molecule has 0 radical (unpaired) electrons. The normalized spacial score (nSPS) is 20.1. The number of carbonyl (C=O) groups is 2. The largest absolute Gasteiger partial charge is 0.481 e. The fraction of sp³-hybridized carbons (Fsp3) is 0.385. The second kappa shape index (κ2) is 6.16. The van der Waals surface area contributed by atoms with Crippen molar-refractivity contribution in [2.45, 2.75) is 19.0 Å². The minimum absolute atomic E-state index is 0.167. The van der Waals surface area contributed by atoms with Crippen LogP contribution in [0.1, 0.15) is 12.0 Å². The molecule has 2 rings (SSSR count). The number of aliphatic carboxylic acids is 1. The van der Waals surface area contributed by atoms with Crippen molar-refractivity contribution in [1.29, 1.82) is 0 Å². The summed E-state index contributed by atoms with van der Waals surface area (Å²) in [6, 6.07) is 7.21. The number of benzene rings is 1. The number of hydrogen-bond acceptors (Lipinski definition) is 3. The third-order valence-electron chi connectivity index (χ3n) is 3.08. The van der Waals surface area contributed by atoms with E-state index >= 15 is 0 Å². The summed E-state index contributed by atoms with van der Waals surface area (Å²) in [6.45, 7) is 1.80. The molecule has 1 amide bonds. The average molecular weight is 327 g/mol. The molecule has 6 heteroatoms. The fourth-order valence-electron chi connectivity index (χ4n) is 2.21. The summed E-state index contributed by atoms with van der Waals surface area (Å²) in [6.07, 6.45) is -0.167. The number of carbonyl (C=O) groups excluding carboxylic acids is 1.